The highest BCUT2D eigenvalue weighted by molar-refractivity contribution is 6.53. The van der Waals surface area contributed by atoms with Gasteiger partial charge in [0.25, 0.3) is 11.8 Å². The number of aryl methyl sites for hydroxylation is 1. The molecule has 0 atom stereocenters. The Hall–Kier alpha value is -4.20. The van der Waals surface area contributed by atoms with Crippen molar-refractivity contribution in [1.29, 1.82) is 0 Å². The van der Waals surface area contributed by atoms with Crippen molar-refractivity contribution in [2.24, 2.45) is 0 Å². The number of ether oxygens (including phenoxy) is 2. The fourth-order valence-corrected chi connectivity index (χ4v) is 4.07. The monoisotopic (exact) mass is 505 g/mol. The topological polar surface area (TPSA) is 89.6 Å². The summed E-state index contributed by atoms with van der Waals surface area (Å²) in [6.07, 6.45) is 0. The Morgan fingerprint density at radius 1 is 0.789 bits per heavy atom. The number of benzene rings is 3. The first-order chi connectivity index (χ1) is 17.9. The van der Waals surface area contributed by atoms with Crippen LogP contribution >= 0.6 is 0 Å². The Morgan fingerprint density at radius 3 is 2.21 bits per heavy atom. The summed E-state index contributed by atoms with van der Waals surface area (Å²) in [4.78, 5) is 30.3. The molecule has 0 bridgehead atoms. The molecule has 2 amide bonds. The lowest BCUT2D eigenvalue weighted by molar-refractivity contribution is 0.0616. The minimum Gasteiger partial charge on any atom is -0.499 e. The molecule has 1 aliphatic heterocycles. The highest BCUT2D eigenvalue weighted by Gasteiger charge is 2.44. The average Bonchev–Trinajstić information content (AvgIpc) is 2.85. The van der Waals surface area contributed by atoms with Crippen molar-refractivity contribution in [3.05, 3.63) is 89.4 Å². The summed E-state index contributed by atoms with van der Waals surface area (Å²) in [5, 5.41) is 4.98. The molecule has 38 heavy (non-hydrogen) atoms. The molecule has 0 radical (unpaired) electrons. The van der Waals surface area contributed by atoms with Gasteiger partial charge in [-0.2, -0.15) is 0 Å². The molecule has 2 N–H and O–H groups in total. The van der Waals surface area contributed by atoms with Gasteiger partial charge in [0.05, 0.1) is 22.0 Å². The van der Waals surface area contributed by atoms with Gasteiger partial charge in [-0.25, -0.2) is 4.39 Å². The second-order valence-electron chi connectivity index (χ2n) is 10.3. The van der Waals surface area contributed by atoms with E-state index in [0.717, 1.165) is 16.6 Å². The molecule has 3 aromatic carbocycles. The van der Waals surface area contributed by atoms with Crippen LogP contribution in [0.2, 0.25) is 0 Å². The quantitative estimate of drug-likeness (QED) is 0.401. The Kier molecular flexibility index (Phi) is 6.21. The highest BCUT2D eigenvalue weighted by Crippen LogP contribution is 2.39. The van der Waals surface area contributed by atoms with Crippen LogP contribution in [0.3, 0.4) is 0 Å². The van der Waals surface area contributed by atoms with Gasteiger partial charge in [0, 0.05) is 27.9 Å². The third-order valence-corrected chi connectivity index (χ3v) is 6.95. The van der Waals surface area contributed by atoms with Crippen LogP contribution in [-0.2, 0) is 0 Å². The van der Waals surface area contributed by atoms with Crippen LogP contribution < -0.4 is 20.1 Å². The number of hydrogen-bond acceptors (Lipinski definition) is 5. The van der Waals surface area contributed by atoms with Crippen LogP contribution in [0, 0.1) is 12.7 Å². The van der Waals surface area contributed by atoms with Crippen LogP contribution in [-0.4, -0.2) is 59.0 Å². The summed E-state index contributed by atoms with van der Waals surface area (Å²) < 4.78 is 26.8. The fourth-order valence-electron chi connectivity index (χ4n) is 4.07. The Balaban J connectivity index is 1.33. The van der Waals surface area contributed by atoms with Crippen molar-refractivity contribution >= 4 is 65.5 Å². The van der Waals surface area contributed by atoms with Crippen LogP contribution in [0.25, 0.3) is 10.9 Å². The lowest BCUT2D eigenvalue weighted by Gasteiger charge is -2.47. The molecule has 0 unspecified atom stereocenters. The number of carbonyl (C=O) groups is 2. The van der Waals surface area contributed by atoms with Gasteiger partial charge in [-0.15, -0.1) is 0 Å². The predicted molar refractivity (Wildman–Crippen MR) is 156 cm³/mol. The molecule has 5 rings (SSSR count). The van der Waals surface area contributed by atoms with Crippen LogP contribution in [0.4, 0.5) is 15.8 Å². The Morgan fingerprint density at radius 2 is 1.45 bits per heavy atom. The summed E-state index contributed by atoms with van der Waals surface area (Å²) in [5.74, 6) is -0.502. The van der Waals surface area contributed by atoms with E-state index in [2.05, 4.69) is 15.6 Å². The number of amides is 2. The largest absolute Gasteiger partial charge is 0.499 e. The summed E-state index contributed by atoms with van der Waals surface area (Å²) >= 11 is 0. The average molecular weight is 505 g/mol. The third-order valence-electron chi connectivity index (χ3n) is 6.95. The number of aromatic nitrogens is 1. The summed E-state index contributed by atoms with van der Waals surface area (Å²) in [5.41, 5.74) is 2.61. The number of pyridine rings is 1. The number of nitrogens with one attached hydrogen (secondary N) is 2. The second-order valence-corrected chi connectivity index (χ2v) is 10.3. The maximum atomic E-state index is 14.6. The summed E-state index contributed by atoms with van der Waals surface area (Å²) in [6.45, 7) is 1.89. The SMILES string of the molecule is BC1(B)Oc2ccc(C(=O)Nc3ccc(F)c(NC(=O)c4ccc5nc(C)ccc5c4)c3)cc2OC1(B)B. The summed E-state index contributed by atoms with van der Waals surface area (Å²) in [7, 11) is 7.73. The molecule has 0 fully saturated rings. The standard InChI is InChI=1S/C26H24B4FN3O4/c1-13-2-3-14-10-15(4-8-19(14)32-13)24(36)34-20-12-17(6-7-18(20)31)33-23(35)16-5-9-21-22(11-16)38-26(29,30)25(27,28)37-21/h2-12H,27-30H2,1H3,(H,33,35)(H,34,36). The molecule has 0 saturated heterocycles. The number of fused-ring (bicyclic) bond motifs is 2. The second kappa shape index (κ2) is 9.28. The van der Waals surface area contributed by atoms with Gasteiger partial charge in [-0.3, -0.25) is 14.6 Å². The first-order valence-corrected chi connectivity index (χ1v) is 12.2. The first-order valence-electron chi connectivity index (χ1n) is 12.2. The number of anilines is 2. The molecule has 0 aliphatic carbocycles. The van der Waals surface area contributed by atoms with Gasteiger partial charge in [0.15, 0.2) is 11.5 Å². The van der Waals surface area contributed by atoms with E-state index in [4.69, 9.17) is 9.47 Å². The maximum absolute atomic E-state index is 14.6. The highest BCUT2D eigenvalue weighted by atomic mass is 19.1. The molecule has 2 heterocycles. The van der Waals surface area contributed by atoms with Gasteiger partial charge in [-0.1, -0.05) is 6.07 Å². The number of hydrogen-bond donors (Lipinski definition) is 2. The molecule has 7 nitrogen and oxygen atoms in total. The molecular formula is C26H24B4FN3O4. The predicted octanol–water partition coefficient (Wildman–Crippen LogP) is 0.798. The van der Waals surface area contributed by atoms with E-state index in [1.807, 2.05) is 50.4 Å². The lowest BCUT2D eigenvalue weighted by Crippen LogP contribution is -2.65. The lowest BCUT2D eigenvalue weighted by atomic mass is 9.41. The number of halogens is 1. The van der Waals surface area contributed by atoms with E-state index in [1.54, 1.807) is 36.4 Å². The number of carbonyl (C=O) groups excluding carboxylic acids is 2. The van der Waals surface area contributed by atoms with E-state index in [0.29, 0.717) is 28.3 Å². The van der Waals surface area contributed by atoms with E-state index in [9.17, 15) is 14.0 Å². The minimum absolute atomic E-state index is 0.0546. The Labute approximate surface area is 223 Å². The normalized spacial score (nSPS) is 15.0. The smallest absolute Gasteiger partial charge is 0.255 e. The number of rotatable bonds is 4. The molecule has 1 aromatic heterocycles. The Bertz CT molecular complexity index is 1610. The zero-order chi connectivity index (χ0) is 27.2. The first kappa shape index (κ1) is 25.4. The zero-order valence-electron chi connectivity index (χ0n) is 21.8. The molecule has 0 saturated carbocycles. The molecule has 186 valence electrons. The molecular weight excluding hydrogens is 481 g/mol. The van der Waals surface area contributed by atoms with Crippen molar-refractivity contribution in [3.63, 3.8) is 0 Å². The molecule has 0 spiro atoms. The number of nitrogens with zero attached hydrogens (tertiary/aromatic N) is 1. The van der Waals surface area contributed by atoms with Crippen molar-refractivity contribution in [2.75, 3.05) is 10.6 Å². The molecule has 4 aromatic rings. The van der Waals surface area contributed by atoms with Gasteiger partial charge < -0.3 is 20.1 Å². The maximum Gasteiger partial charge on any atom is 0.255 e. The van der Waals surface area contributed by atoms with Crippen LogP contribution in [0.15, 0.2) is 66.7 Å². The van der Waals surface area contributed by atoms with Crippen LogP contribution in [0.1, 0.15) is 26.4 Å². The van der Waals surface area contributed by atoms with Crippen molar-refractivity contribution in [2.45, 2.75) is 17.7 Å². The van der Waals surface area contributed by atoms with Gasteiger partial charge >= 0.3 is 0 Å². The van der Waals surface area contributed by atoms with Crippen molar-refractivity contribution < 1.29 is 23.5 Å². The minimum atomic E-state index is -0.626. The van der Waals surface area contributed by atoms with Crippen molar-refractivity contribution in [3.8, 4) is 11.5 Å². The zero-order valence-corrected chi connectivity index (χ0v) is 21.8. The molecule has 12 heteroatoms. The van der Waals surface area contributed by atoms with Crippen LogP contribution in [0.5, 0.6) is 11.5 Å². The van der Waals surface area contributed by atoms with Gasteiger partial charge in [0.1, 0.15) is 37.2 Å². The molecule has 1 aliphatic rings. The third kappa shape index (κ3) is 4.86. The van der Waals surface area contributed by atoms with E-state index < -0.39 is 28.4 Å². The van der Waals surface area contributed by atoms with Gasteiger partial charge in [0.2, 0.25) is 0 Å². The van der Waals surface area contributed by atoms with Crippen molar-refractivity contribution in [1.82, 2.24) is 4.98 Å². The fraction of sp³-hybridized carbons (Fsp3) is 0.115. The summed E-state index contributed by atoms with van der Waals surface area (Å²) in [6, 6.07) is 17.8. The van der Waals surface area contributed by atoms with Gasteiger partial charge in [-0.05, 0) is 67.6 Å². The van der Waals surface area contributed by atoms with E-state index in [-0.39, 0.29) is 5.69 Å². The van der Waals surface area contributed by atoms with E-state index >= 15 is 0 Å². The van der Waals surface area contributed by atoms with E-state index in [1.165, 1.54) is 18.2 Å².